The Kier molecular flexibility index (Phi) is 3.62. The Hall–Kier alpha value is 0.690. The highest BCUT2D eigenvalue weighted by atomic mass is 127. The van der Waals surface area contributed by atoms with Gasteiger partial charge in [-0.25, -0.2) is 0 Å². The minimum absolute atomic E-state index is 0.393. The van der Waals surface area contributed by atoms with Gasteiger partial charge in [-0.2, -0.15) is 0 Å². The van der Waals surface area contributed by atoms with E-state index in [2.05, 4.69) is 63.7 Å². The summed E-state index contributed by atoms with van der Waals surface area (Å²) >= 11 is 6.01. The summed E-state index contributed by atoms with van der Waals surface area (Å²) in [7, 11) is 0. The number of rotatable bonds is 2. The highest BCUT2D eigenvalue weighted by molar-refractivity contribution is 14.1. The Morgan fingerprint density at radius 1 is 1.73 bits per heavy atom. The van der Waals surface area contributed by atoms with Crippen LogP contribution in [-0.2, 0) is 0 Å². The summed E-state index contributed by atoms with van der Waals surface area (Å²) in [5.74, 6) is 0. The summed E-state index contributed by atoms with van der Waals surface area (Å²) in [6.07, 6.45) is 10.4. The van der Waals surface area contributed by atoms with Crippen LogP contribution in [0.3, 0.4) is 0 Å². The molecular weight excluding hydrogens is 315 g/mol. The van der Waals surface area contributed by atoms with Crippen LogP contribution in [0.2, 0.25) is 0 Å². The minimum atomic E-state index is 0.393. The predicted octanol–water partition coefficient (Wildman–Crippen LogP) is 4.20. The molecule has 0 bridgehead atoms. The second-order valence-electron chi connectivity index (χ2n) is 2.91. The number of hydrogen-bond donors (Lipinski definition) is 0. The molecule has 0 saturated carbocycles. The van der Waals surface area contributed by atoms with Crippen molar-refractivity contribution < 1.29 is 0 Å². The lowest BCUT2D eigenvalue weighted by atomic mass is 9.96. The summed E-state index contributed by atoms with van der Waals surface area (Å²) in [5.41, 5.74) is 0. The zero-order valence-corrected chi connectivity index (χ0v) is 10.4. The number of alkyl halides is 1. The fourth-order valence-electron chi connectivity index (χ4n) is 1.23. The van der Waals surface area contributed by atoms with Gasteiger partial charge in [0.1, 0.15) is 0 Å². The summed E-state index contributed by atoms with van der Waals surface area (Å²) in [4.78, 5) is 0. The first kappa shape index (κ1) is 9.78. The SMILES string of the molecule is CCCC1(I)C=CC(Br)=CC1. The molecule has 0 nitrogen and oxygen atoms in total. The van der Waals surface area contributed by atoms with Crippen molar-refractivity contribution in [1.82, 2.24) is 0 Å². The molecule has 0 aromatic carbocycles. The standard InChI is InChI=1S/C9H12BrI/c1-2-5-9(11)6-3-8(10)4-7-9/h3-4,6H,2,5,7H2,1H3. The maximum absolute atomic E-state index is 3.46. The molecule has 1 unspecified atom stereocenters. The van der Waals surface area contributed by atoms with Crippen LogP contribution in [0.1, 0.15) is 26.2 Å². The Morgan fingerprint density at radius 2 is 2.45 bits per heavy atom. The fraction of sp³-hybridized carbons (Fsp3) is 0.556. The lowest BCUT2D eigenvalue weighted by Crippen LogP contribution is -2.17. The predicted molar refractivity (Wildman–Crippen MR) is 62.4 cm³/mol. The molecule has 1 rings (SSSR count). The summed E-state index contributed by atoms with van der Waals surface area (Å²) < 4.78 is 1.62. The second kappa shape index (κ2) is 4.08. The molecule has 1 aliphatic rings. The van der Waals surface area contributed by atoms with Crippen LogP contribution >= 0.6 is 38.5 Å². The van der Waals surface area contributed by atoms with E-state index in [4.69, 9.17) is 0 Å². The molecule has 0 aromatic heterocycles. The largest absolute Gasteiger partial charge is 0.0740 e. The number of allylic oxidation sites excluding steroid dienone is 4. The van der Waals surface area contributed by atoms with Crippen LogP contribution in [-0.4, -0.2) is 3.42 Å². The van der Waals surface area contributed by atoms with E-state index in [1.54, 1.807) is 0 Å². The molecule has 11 heavy (non-hydrogen) atoms. The first-order chi connectivity index (χ1) is 5.16. The summed E-state index contributed by atoms with van der Waals surface area (Å²) in [5, 5.41) is 0. The lowest BCUT2D eigenvalue weighted by Gasteiger charge is -2.24. The third kappa shape index (κ3) is 2.90. The average Bonchev–Trinajstić information content (AvgIpc) is 1.97. The van der Waals surface area contributed by atoms with E-state index in [-0.39, 0.29) is 0 Å². The topological polar surface area (TPSA) is 0 Å². The van der Waals surface area contributed by atoms with Crippen molar-refractivity contribution in [1.29, 1.82) is 0 Å². The molecule has 1 aliphatic carbocycles. The molecule has 62 valence electrons. The van der Waals surface area contributed by atoms with Crippen molar-refractivity contribution in [3.63, 3.8) is 0 Å². The average molecular weight is 327 g/mol. The van der Waals surface area contributed by atoms with Gasteiger partial charge in [0.25, 0.3) is 0 Å². The normalized spacial score (nSPS) is 30.3. The lowest BCUT2D eigenvalue weighted by molar-refractivity contribution is 0.658. The van der Waals surface area contributed by atoms with Crippen LogP contribution in [0.5, 0.6) is 0 Å². The van der Waals surface area contributed by atoms with Crippen LogP contribution in [0, 0.1) is 0 Å². The molecule has 0 heterocycles. The Bertz CT molecular complexity index is 196. The van der Waals surface area contributed by atoms with E-state index < -0.39 is 0 Å². The van der Waals surface area contributed by atoms with Crippen molar-refractivity contribution in [2.75, 3.05) is 0 Å². The highest BCUT2D eigenvalue weighted by Gasteiger charge is 2.22. The summed E-state index contributed by atoms with van der Waals surface area (Å²) in [6.45, 7) is 2.24. The van der Waals surface area contributed by atoms with Gasteiger partial charge in [-0.05, 0) is 12.8 Å². The van der Waals surface area contributed by atoms with Crippen LogP contribution < -0.4 is 0 Å². The molecule has 0 saturated heterocycles. The molecular formula is C9H12BrI. The first-order valence-electron chi connectivity index (χ1n) is 3.90. The van der Waals surface area contributed by atoms with Crippen molar-refractivity contribution in [3.05, 3.63) is 22.7 Å². The molecule has 2 heteroatoms. The van der Waals surface area contributed by atoms with E-state index in [0.717, 1.165) is 0 Å². The molecule has 0 aromatic rings. The molecule has 0 amide bonds. The first-order valence-corrected chi connectivity index (χ1v) is 5.77. The van der Waals surface area contributed by atoms with Crippen LogP contribution in [0.4, 0.5) is 0 Å². The molecule has 0 aliphatic heterocycles. The van der Waals surface area contributed by atoms with E-state index >= 15 is 0 Å². The third-order valence-corrected chi connectivity index (χ3v) is 3.77. The van der Waals surface area contributed by atoms with Crippen LogP contribution in [0.25, 0.3) is 0 Å². The van der Waals surface area contributed by atoms with Gasteiger partial charge in [0.05, 0.1) is 0 Å². The fourth-order valence-corrected chi connectivity index (χ4v) is 2.47. The third-order valence-electron chi connectivity index (χ3n) is 1.84. The van der Waals surface area contributed by atoms with Gasteiger partial charge in [0, 0.05) is 7.90 Å². The second-order valence-corrected chi connectivity index (χ2v) is 5.98. The van der Waals surface area contributed by atoms with E-state index in [1.165, 1.54) is 23.7 Å². The molecule has 0 radical (unpaired) electrons. The Morgan fingerprint density at radius 3 is 2.91 bits per heavy atom. The van der Waals surface area contributed by atoms with E-state index in [0.29, 0.717) is 3.42 Å². The van der Waals surface area contributed by atoms with Gasteiger partial charge >= 0.3 is 0 Å². The quantitative estimate of drug-likeness (QED) is 0.527. The maximum atomic E-state index is 3.46. The zero-order chi connectivity index (χ0) is 8.32. The van der Waals surface area contributed by atoms with Gasteiger partial charge < -0.3 is 0 Å². The minimum Gasteiger partial charge on any atom is -0.0740 e. The van der Waals surface area contributed by atoms with E-state index in [9.17, 15) is 0 Å². The summed E-state index contributed by atoms with van der Waals surface area (Å²) in [6, 6.07) is 0. The maximum Gasteiger partial charge on any atom is 0.0439 e. The van der Waals surface area contributed by atoms with Gasteiger partial charge in [-0.1, -0.05) is 70.1 Å². The van der Waals surface area contributed by atoms with Crippen LogP contribution in [0.15, 0.2) is 22.7 Å². The van der Waals surface area contributed by atoms with Crippen molar-refractivity contribution >= 4 is 38.5 Å². The zero-order valence-electron chi connectivity index (χ0n) is 6.61. The number of halogens is 2. The molecule has 0 spiro atoms. The Labute approximate surface area is 90.4 Å². The smallest absolute Gasteiger partial charge is 0.0439 e. The molecule has 0 fully saturated rings. The van der Waals surface area contributed by atoms with E-state index in [1.807, 2.05) is 0 Å². The van der Waals surface area contributed by atoms with Crippen molar-refractivity contribution in [3.8, 4) is 0 Å². The van der Waals surface area contributed by atoms with Gasteiger partial charge in [0.2, 0.25) is 0 Å². The van der Waals surface area contributed by atoms with Gasteiger partial charge in [-0.3, -0.25) is 0 Å². The molecule has 1 atom stereocenters. The number of hydrogen-bond acceptors (Lipinski definition) is 0. The van der Waals surface area contributed by atoms with Crippen molar-refractivity contribution in [2.24, 2.45) is 0 Å². The van der Waals surface area contributed by atoms with Gasteiger partial charge in [0.15, 0.2) is 0 Å². The van der Waals surface area contributed by atoms with Gasteiger partial charge in [-0.15, -0.1) is 0 Å². The monoisotopic (exact) mass is 326 g/mol. The Balaban J connectivity index is 2.58. The molecule has 0 N–H and O–H groups in total. The highest BCUT2D eigenvalue weighted by Crippen LogP contribution is 2.35. The van der Waals surface area contributed by atoms with Crippen molar-refractivity contribution in [2.45, 2.75) is 29.6 Å².